The average Bonchev–Trinajstić information content (AvgIpc) is 2.60. The predicted molar refractivity (Wildman–Crippen MR) is 113 cm³/mol. The maximum absolute atomic E-state index is 12.8. The Bertz CT molecular complexity index is 870. The number of piperidine rings is 1. The Labute approximate surface area is 171 Å². The summed E-state index contributed by atoms with van der Waals surface area (Å²) in [4.78, 5) is 23.0. The molecule has 154 valence electrons. The zero-order chi connectivity index (χ0) is 21.2. The van der Waals surface area contributed by atoms with Crippen LogP contribution in [-0.4, -0.2) is 21.8 Å². The van der Waals surface area contributed by atoms with Crippen molar-refractivity contribution in [2.24, 2.45) is 5.92 Å². The number of Topliss-reactive ketones (excluding diaryl/α,β-unsaturated/α-hetero) is 1. The fourth-order valence-corrected chi connectivity index (χ4v) is 4.54. The number of nitro benzene ring substituents is 1. The second-order valence-electron chi connectivity index (χ2n) is 9.17. The highest BCUT2D eigenvalue weighted by Crippen LogP contribution is 2.35. The van der Waals surface area contributed by atoms with E-state index in [1.165, 1.54) is 12.1 Å². The molecule has 0 radical (unpaired) electrons. The molecule has 3 rings (SSSR count). The SMILES string of the molecule is CC1(C)CC(CC(=O)c2ccc(Oc3ccc([N+](=O)[O-])cc3)cc2)CC(C)(C)N1. The molecular formula is C23H28N2O4. The van der Waals surface area contributed by atoms with Crippen LogP contribution in [0.15, 0.2) is 48.5 Å². The number of rotatable bonds is 6. The number of carbonyl (C=O) groups is 1. The lowest BCUT2D eigenvalue weighted by Gasteiger charge is -2.46. The van der Waals surface area contributed by atoms with Crippen molar-refractivity contribution in [2.45, 2.75) is 58.0 Å². The number of nitrogens with zero attached hydrogens (tertiary/aromatic N) is 1. The summed E-state index contributed by atoms with van der Waals surface area (Å²) < 4.78 is 5.71. The number of hydrogen-bond donors (Lipinski definition) is 1. The van der Waals surface area contributed by atoms with Crippen LogP contribution >= 0.6 is 0 Å². The molecule has 1 heterocycles. The highest BCUT2D eigenvalue weighted by Gasteiger charge is 2.38. The van der Waals surface area contributed by atoms with Gasteiger partial charge in [0, 0.05) is 35.2 Å². The first-order valence-electron chi connectivity index (χ1n) is 9.88. The van der Waals surface area contributed by atoms with E-state index in [1.54, 1.807) is 36.4 Å². The fraction of sp³-hybridized carbons (Fsp3) is 0.435. The Hall–Kier alpha value is -2.73. The van der Waals surface area contributed by atoms with Crippen molar-refractivity contribution in [3.63, 3.8) is 0 Å². The molecule has 29 heavy (non-hydrogen) atoms. The first kappa shape index (κ1) is 21.0. The number of ether oxygens (including phenoxy) is 1. The Morgan fingerprint density at radius 2 is 1.48 bits per heavy atom. The van der Waals surface area contributed by atoms with Crippen LogP contribution in [0.5, 0.6) is 11.5 Å². The number of carbonyl (C=O) groups excluding carboxylic acids is 1. The smallest absolute Gasteiger partial charge is 0.269 e. The van der Waals surface area contributed by atoms with Crippen molar-refractivity contribution in [2.75, 3.05) is 0 Å². The standard InChI is InChI=1S/C23H28N2O4/c1-22(2)14-16(15-23(3,4)24-22)13-21(26)17-5-9-19(10-6-17)29-20-11-7-18(8-12-20)25(27)28/h5-12,16,24H,13-15H2,1-4H3. The molecule has 6 heteroatoms. The lowest BCUT2D eigenvalue weighted by atomic mass is 9.74. The van der Waals surface area contributed by atoms with Crippen LogP contribution < -0.4 is 10.1 Å². The number of nitro groups is 1. The number of non-ortho nitro benzene ring substituents is 1. The first-order chi connectivity index (χ1) is 13.5. The van der Waals surface area contributed by atoms with E-state index in [-0.39, 0.29) is 22.5 Å². The molecule has 6 nitrogen and oxygen atoms in total. The summed E-state index contributed by atoms with van der Waals surface area (Å²) in [5, 5.41) is 14.4. The van der Waals surface area contributed by atoms with Crippen LogP contribution in [0, 0.1) is 16.0 Å². The van der Waals surface area contributed by atoms with E-state index in [0.29, 0.717) is 29.4 Å². The van der Waals surface area contributed by atoms with E-state index >= 15 is 0 Å². The van der Waals surface area contributed by atoms with Crippen LogP contribution in [0.2, 0.25) is 0 Å². The molecule has 0 bridgehead atoms. The summed E-state index contributed by atoms with van der Waals surface area (Å²) >= 11 is 0. The predicted octanol–water partition coefficient (Wildman–Crippen LogP) is 5.52. The molecule has 2 aromatic rings. The van der Waals surface area contributed by atoms with Gasteiger partial charge >= 0.3 is 0 Å². The molecule has 2 aromatic carbocycles. The first-order valence-corrected chi connectivity index (χ1v) is 9.88. The molecule has 1 saturated heterocycles. The molecule has 1 fully saturated rings. The van der Waals surface area contributed by atoms with Gasteiger partial charge in [-0.15, -0.1) is 0 Å². The van der Waals surface area contributed by atoms with E-state index in [4.69, 9.17) is 4.74 Å². The van der Waals surface area contributed by atoms with Crippen molar-refractivity contribution in [3.05, 3.63) is 64.2 Å². The van der Waals surface area contributed by atoms with E-state index < -0.39 is 4.92 Å². The summed E-state index contributed by atoms with van der Waals surface area (Å²) in [6, 6.07) is 13.0. The second kappa shape index (κ2) is 7.95. The van der Waals surface area contributed by atoms with Crippen molar-refractivity contribution in [1.29, 1.82) is 0 Å². The highest BCUT2D eigenvalue weighted by molar-refractivity contribution is 5.96. The molecule has 0 amide bonds. The quantitative estimate of drug-likeness (QED) is 0.395. The zero-order valence-corrected chi connectivity index (χ0v) is 17.4. The normalized spacial score (nSPS) is 18.2. The number of benzene rings is 2. The third-order valence-corrected chi connectivity index (χ3v) is 5.21. The second-order valence-corrected chi connectivity index (χ2v) is 9.17. The van der Waals surface area contributed by atoms with E-state index in [0.717, 1.165) is 12.8 Å². The Balaban J connectivity index is 1.62. The summed E-state index contributed by atoms with van der Waals surface area (Å²) in [5.74, 6) is 1.59. The van der Waals surface area contributed by atoms with Crippen LogP contribution in [0.25, 0.3) is 0 Å². The van der Waals surface area contributed by atoms with Gasteiger partial charge in [-0.1, -0.05) is 0 Å². The molecule has 0 saturated carbocycles. The van der Waals surface area contributed by atoms with Crippen molar-refractivity contribution < 1.29 is 14.5 Å². The van der Waals surface area contributed by atoms with Gasteiger partial charge in [-0.25, -0.2) is 0 Å². The molecule has 1 aliphatic heterocycles. The average molecular weight is 396 g/mol. The number of nitrogens with one attached hydrogen (secondary N) is 1. The molecule has 1 aliphatic rings. The zero-order valence-electron chi connectivity index (χ0n) is 17.4. The minimum Gasteiger partial charge on any atom is -0.457 e. The van der Waals surface area contributed by atoms with E-state index in [2.05, 4.69) is 33.0 Å². The van der Waals surface area contributed by atoms with Gasteiger partial charge in [0.1, 0.15) is 11.5 Å². The largest absolute Gasteiger partial charge is 0.457 e. The van der Waals surface area contributed by atoms with Gasteiger partial charge < -0.3 is 10.1 Å². The van der Waals surface area contributed by atoms with Crippen LogP contribution in [0.3, 0.4) is 0 Å². The van der Waals surface area contributed by atoms with Gasteiger partial charge in [-0.3, -0.25) is 14.9 Å². The molecule has 1 N–H and O–H groups in total. The third-order valence-electron chi connectivity index (χ3n) is 5.21. The fourth-order valence-electron chi connectivity index (χ4n) is 4.54. The maximum atomic E-state index is 12.8. The van der Waals surface area contributed by atoms with Gasteiger partial charge in [0.15, 0.2) is 5.78 Å². The lowest BCUT2D eigenvalue weighted by Crippen LogP contribution is -2.57. The minimum atomic E-state index is -0.450. The Morgan fingerprint density at radius 1 is 1.00 bits per heavy atom. The highest BCUT2D eigenvalue weighted by atomic mass is 16.6. The van der Waals surface area contributed by atoms with E-state index in [9.17, 15) is 14.9 Å². The van der Waals surface area contributed by atoms with Crippen molar-refractivity contribution in [3.8, 4) is 11.5 Å². The maximum Gasteiger partial charge on any atom is 0.269 e. The molecule has 0 aliphatic carbocycles. The van der Waals surface area contributed by atoms with Gasteiger partial charge in [0.2, 0.25) is 0 Å². The van der Waals surface area contributed by atoms with Gasteiger partial charge in [-0.05, 0) is 82.9 Å². The van der Waals surface area contributed by atoms with Crippen LogP contribution in [0.1, 0.15) is 57.3 Å². The molecule has 0 aromatic heterocycles. The summed E-state index contributed by atoms with van der Waals surface area (Å²) in [7, 11) is 0. The Kier molecular flexibility index (Phi) is 5.75. The minimum absolute atomic E-state index is 0.0163. The molecule has 0 unspecified atom stereocenters. The van der Waals surface area contributed by atoms with Crippen molar-refractivity contribution in [1.82, 2.24) is 5.32 Å². The summed E-state index contributed by atoms with van der Waals surface area (Å²) in [5.41, 5.74) is 0.738. The molecule has 0 spiro atoms. The van der Waals surface area contributed by atoms with Crippen LogP contribution in [-0.2, 0) is 0 Å². The van der Waals surface area contributed by atoms with Crippen molar-refractivity contribution >= 4 is 11.5 Å². The van der Waals surface area contributed by atoms with Crippen LogP contribution in [0.4, 0.5) is 5.69 Å². The lowest BCUT2D eigenvalue weighted by molar-refractivity contribution is -0.384. The summed E-state index contributed by atoms with van der Waals surface area (Å²) in [6.07, 6.45) is 2.49. The third kappa shape index (κ3) is 5.64. The number of hydrogen-bond acceptors (Lipinski definition) is 5. The number of ketones is 1. The van der Waals surface area contributed by atoms with E-state index in [1.807, 2.05) is 0 Å². The molecular weight excluding hydrogens is 368 g/mol. The summed E-state index contributed by atoms with van der Waals surface area (Å²) in [6.45, 7) is 8.76. The monoisotopic (exact) mass is 396 g/mol. The van der Waals surface area contributed by atoms with Gasteiger partial charge in [0.25, 0.3) is 5.69 Å². The topological polar surface area (TPSA) is 81.5 Å². The van der Waals surface area contributed by atoms with Gasteiger partial charge in [-0.2, -0.15) is 0 Å². The van der Waals surface area contributed by atoms with Gasteiger partial charge in [0.05, 0.1) is 4.92 Å². The molecule has 0 atom stereocenters. The Morgan fingerprint density at radius 3 is 1.97 bits per heavy atom.